The van der Waals surface area contributed by atoms with Gasteiger partial charge in [-0.2, -0.15) is 0 Å². The van der Waals surface area contributed by atoms with Crippen LogP contribution in [0.5, 0.6) is 0 Å². The zero-order valence-electron chi connectivity index (χ0n) is 25.6. The normalized spacial score (nSPS) is 12.2. The highest BCUT2D eigenvalue weighted by molar-refractivity contribution is 7.26. The third-order valence-corrected chi connectivity index (χ3v) is 11.0. The van der Waals surface area contributed by atoms with Crippen LogP contribution in [0.1, 0.15) is 0 Å². The standard InChI is InChI=1S/C43H24N4S/c1-3-14-30-27(11-1)28-12-2-4-15-31(28)42-40(30)41(26-10-9-21-44-24-26)45-43(46-42)47-35-17-7-5-13-29(35)34-22-25-19-20-38-39(33(25)23-36(34)47)32-16-6-8-18-37(32)48-38/h1-24H. The van der Waals surface area contributed by atoms with Gasteiger partial charge in [-0.15, -0.1) is 11.3 Å². The zero-order valence-corrected chi connectivity index (χ0v) is 26.4. The summed E-state index contributed by atoms with van der Waals surface area (Å²) in [6, 6.07) is 47.9. The van der Waals surface area contributed by atoms with E-state index in [4.69, 9.17) is 9.97 Å². The van der Waals surface area contributed by atoms with Gasteiger partial charge in [0, 0.05) is 59.7 Å². The van der Waals surface area contributed by atoms with Crippen molar-refractivity contribution in [2.24, 2.45) is 0 Å². The fourth-order valence-corrected chi connectivity index (χ4v) is 8.92. The summed E-state index contributed by atoms with van der Waals surface area (Å²) in [4.78, 5) is 15.5. The van der Waals surface area contributed by atoms with Crippen molar-refractivity contribution < 1.29 is 0 Å². The number of fused-ring (bicyclic) bond motifs is 14. The van der Waals surface area contributed by atoms with E-state index >= 15 is 0 Å². The lowest BCUT2D eigenvalue weighted by Gasteiger charge is -2.16. The average molecular weight is 629 g/mol. The molecular formula is C43H24N4S. The van der Waals surface area contributed by atoms with Crippen molar-refractivity contribution in [2.45, 2.75) is 0 Å². The van der Waals surface area contributed by atoms with Crippen LogP contribution in [0.2, 0.25) is 0 Å². The lowest BCUT2D eigenvalue weighted by atomic mass is 9.95. The molecule has 0 N–H and O–H groups in total. The fourth-order valence-electron chi connectivity index (χ4n) is 7.80. The van der Waals surface area contributed by atoms with Crippen molar-refractivity contribution in [3.05, 3.63) is 146 Å². The molecule has 4 nitrogen and oxygen atoms in total. The van der Waals surface area contributed by atoms with Gasteiger partial charge in [0.1, 0.15) is 0 Å². The van der Waals surface area contributed by atoms with Crippen LogP contribution in [0.15, 0.2) is 146 Å². The number of aromatic nitrogens is 4. The molecule has 0 saturated carbocycles. The van der Waals surface area contributed by atoms with E-state index in [0.717, 1.165) is 44.0 Å². The predicted molar refractivity (Wildman–Crippen MR) is 203 cm³/mol. The van der Waals surface area contributed by atoms with Crippen LogP contribution in [0.25, 0.3) is 102 Å². The van der Waals surface area contributed by atoms with Gasteiger partial charge in [-0.25, -0.2) is 9.97 Å². The maximum absolute atomic E-state index is 5.50. The highest BCUT2D eigenvalue weighted by Gasteiger charge is 2.21. The van der Waals surface area contributed by atoms with Crippen molar-refractivity contribution >= 4 is 96.5 Å². The first-order valence-electron chi connectivity index (χ1n) is 16.1. The van der Waals surface area contributed by atoms with Crippen molar-refractivity contribution in [2.75, 3.05) is 0 Å². The molecule has 0 spiro atoms. The number of thiophene rings is 1. The van der Waals surface area contributed by atoms with E-state index in [9.17, 15) is 0 Å². The van der Waals surface area contributed by atoms with Crippen LogP contribution in [0, 0.1) is 0 Å². The first-order chi connectivity index (χ1) is 23.8. The van der Waals surface area contributed by atoms with Gasteiger partial charge in [-0.3, -0.25) is 9.55 Å². The summed E-state index contributed by atoms with van der Waals surface area (Å²) >= 11 is 1.85. The highest BCUT2D eigenvalue weighted by Crippen LogP contribution is 2.43. The third kappa shape index (κ3) is 3.51. The van der Waals surface area contributed by atoms with E-state index in [1.807, 2.05) is 29.8 Å². The number of pyridine rings is 1. The molecule has 11 aromatic rings. The Morgan fingerprint density at radius 3 is 2.04 bits per heavy atom. The molecule has 0 fully saturated rings. The molecule has 0 amide bonds. The molecule has 0 atom stereocenters. The minimum absolute atomic E-state index is 0.648. The van der Waals surface area contributed by atoms with E-state index in [1.54, 1.807) is 0 Å². The van der Waals surface area contributed by atoms with Gasteiger partial charge in [-0.05, 0) is 69.4 Å². The van der Waals surface area contributed by atoms with E-state index in [0.29, 0.717) is 5.95 Å². The van der Waals surface area contributed by atoms with Gasteiger partial charge in [-0.1, -0.05) is 91.0 Å². The topological polar surface area (TPSA) is 43.6 Å². The quantitative estimate of drug-likeness (QED) is 0.179. The Hall–Kier alpha value is -6.17. The Kier molecular flexibility index (Phi) is 5.23. The third-order valence-electron chi connectivity index (χ3n) is 9.85. The molecule has 48 heavy (non-hydrogen) atoms. The maximum atomic E-state index is 5.50. The molecule has 0 radical (unpaired) electrons. The average Bonchev–Trinajstić information content (AvgIpc) is 3.69. The molecule has 11 rings (SSSR count). The number of nitrogens with zero attached hydrogens (tertiary/aromatic N) is 4. The summed E-state index contributed by atoms with van der Waals surface area (Å²) in [5.41, 5.74) is 4.95. The molecule has 4 heterocycles. The first-order valence-corrected chi connectivity index (χ1v) is 16.9. The van der Waals surface area contributed by atoms with Gasteiger partial charge in [0.15, 0.2) is 0 Å². The summed E-state index contributed by atoms with van der Waals surface area (Å²) < 4.78 is 4.87. The molecule has 0 saturated heterocycles. The molecule has 0 aliphatic heterocycles. The fraction of sp³-hybridized carbons (Fsp3) is 0. The summed E-state index contributed by atoms with van der Waals surface area (Å²) in [5, 5.41) is 13.1. The Morgan fingerprint density at radius 2 is 1.21 bits per heavy atom. The molecule has 0 aliphatic carbocycles. The molecule has 0 bridgehead atoms. The second-order valence-corrected chi connectivity index (χ2v) is 13.5. The van der Waals surface area contributed by atoms with E-state index < -0.39 is 0 Å². The summed E-state index contributed by atoms with van der Waals surface area (Å²) in [5.74, 6) is 0.648. The Bertz CT molecular complexity index is 3120. The largest absolute Gasteiger partial charge is 0.278 e. The minimum atomic E-state index is 0.648. The molecule has 0 unspecified atom stereocenters. The van der Waals surface area contributed by atoms with E-state index in [-0.39, 0.29) is 0 Å². The van der Waals surface area contributed by atoms with Crippen molar-refractivity contribution in [3.8, 4) is 17.2 Å². The Morgan fingerprint density at radius 1 is 0.479 bits per heavy atom. The maximum Gasteiger partial charge on any atom is 0.235 e. The molecular weight excluding hydrogens is 605 g/mol. The first kappa shape index (κ1) is 26.0. The predicted octanol–water partition coefficient (Wildman–Crippen LogP) is 11.6. The van der Waals surface area contributed by atoms with Crippen molar-refractivity contribution in [1.29, 1.82) is 0 Å². The zero-order chi connectivity index (χ0) is 31.3. The van der Waals surface area contributed by atoms with Gasteiger partial charge in [0.25, 0.3) is 0 Å². The van der Waals surface area contributed by atoms with Gasteiger partial charge in [0.2, 0.25) is 5.95 Å². The molecule has 7 aromatic carbocycles. The number of hydrogen-bond acceptors (Lipinski definition) is 4. The van der Waals surface area contributed by atoms with Gasteiger partial charge < -0.3 is 0 Å². The summed E-state index contributed by atoms with van der Waals surface area (Å²) in [6.45, 7) is 0. The van der Waals surface area contributed by atoms with Crippen LogP contribution in [-0.4, -0.2) is 19.5 Å². The lowest BCUT2D eigenvalue weighted by Crippen LogP contribution is -2.04. The number of benzene rings is 7. The lowest BCUT2D eigenvalue weighted by molar-refractivity contribution is 1.02. The second kappa shape index (κ2) is 9.67. The van der Waals surface area contributed by atoms with Crippen LogP contribution in [0.3, 0.4) is 0 Å². The van der Waals surface area contributed by atoms with E-state index in [1.165, 1.54) is 52.5 Å². The number of para-hydroxylation sites is 1. The Labute approximate surface area is 278 Å². The van der Waals surface area contributed by atoms with Crippen LogP contribution in [-0.2, 0) is 0 Å². The van der Waals surface area contributed by atoms with Gasteiger partial charge >= 0.3 is 0 Å². The smallest absolute Gasteiger partial charge is 0.235 e. The molecule has 5 heteroatoms. The van der Waals surface area contributed by atoms with Crippen LogP contribution >= 0.6 is 11.3 Å². The number of rotatable bonds is 2. The summed E-state index contributed by atoms with van der Waals surface area (Å²) in [7, 11) is 0. The molecule has 4 aromatic heterocycles. The molecule has 0 aliphatic rings. The Balaban J connectivity index is 1.34. The van der Waals surface area contributed by atoms with Crippen molar-refractivity contribution in [3.63, 3.8) is 0 Å². The molecule has 222 valence electrons. The minimum Gasteiger partial charge on any atom is -0.278 e. The SMILES string of the molecule is c1cncc(-c2nc(-n3c4ccccc4c4cc5ccc6sc7ccccc7c6c5cc43)nc3c4ccccc4c4ccccc4c23)c1. The summed E-state index contributed by atoms with van der Waals surface area (Å²) in [6.07, 6.45) is 3.72. The van der Waals surface area contributed by atoms with Gasteiger partial charge in [0.05, 0.1) is 22.2 Å². The second-order valence-electron chi connectivity index (χ2n) is 12.4. The highest BCUT2D eigenvalue weighted by atomic mass is 32.1. The van der Waals surface area contributed by atoms with E-state index in [2.05, 4.69) is 137 Å². The van der Waals surface area contributed by atoms with Crippen LogP contribution < -0.4 is 0 Å². The number of hydrogen-bond donors (Lipinski definition) is 0. The van der Waals surface area contributed by atoms with Crippen LogP contribution in [0.4, 0.5) is 0 Å². The monoisotopic (exact) mass is 628 g/mol. The van der Waals surface area contributed by atoms with Crippen molar-refractivity contribution in [1.82, 2.24) is 19.5 Å².